The van der Waals surface area contributed by atoms with E-state index in [1.165, 1.54) is 15.2 Å². The molecule has 7 rings (SSSR count). The van der Waals surface area contributed by atoms with E-state index in [1.807, 2.05) is 30.1 Å². The Morgan fingerprint density at radius 2 is 1.79 bits per heavy atom. The minimum atomic E-state index is -4.70. The summed E-state index contributed by atoms with van der Waals surface area (Å²) in [4.78, 5) is 56.3. The Hall–Kier alpha value is -5.79. The maximum Gasteiger partial charge on any atom is 0.433 e. The van der Waals surface area contributed by atoms with E-state index in [0.29, 0.717) is 45.5 Å². The summed E-state index contributed by atoms with van der Waals surface area (Å²) in [5.74, 6) is 5.26. The van der Waals surface area contributed by atoms with Gasteiger partial charge in [0.2, 0.25) is 11.8 Å². The van der Waals surface area contributed by atoms with Gasteiger partial charge in [0, 0.05) is 42.8 Å². The van der Waals surface area contributed by atoms with Crippen molar-refractivity contribution < 1.29 is 32.7 Å². The first-order chi connectivity index (χ1) is 27.0. The minimum absolute atomic E-state index is 0.135. The number of aryl methyl sites for hydroxylation is 1. The van der Waals surface area contributed by atoms with Crippen LogP contribution < -0.4 is 16.3 Å². The first kappa shape index (κ1) is 39.4. The van der Waals surface area contributed by atoms with Gasteiger partial charge in [-0.1, -0.05) is 24.0 Å². The second-order valence-corrected chi connectivity index (χ2v) is 15.5. The van der Waals surface area contributed by atoms with Crippen LogP contribution in [0, 0.1) is 17.8 Å². The van der Waals surface area contributed by atoms with Crippen LogP contribution in [0.25, 0.3) is 21.9 Å². The number of nitrogens with one attached hydrogen (secondary N) is 2. The van der Waals surface area contributed by atoms with Crippen LogP contribution in [0.1, 0.15) is 91.8 Å². The molecular weight excluding hydrogens is 741 g/mol. The fourth-order valence-corrected chi connectivity index (χ4v) is 7.93. The number of carbonyl (C=O) groups excluding carboxylic acids is 3. The number of pyridine rings is 1. The van der Waals surface area contributed by atoms with Crippen molar-refractivity contribution in [1.29, 1.82) is 0 Å². The number of anilines is 1. The van der Waals surface area contributed by atoms with Crippen molar-refractivity contribution >= 4 is 45.3 Å². The number of rotatable bonds is 8. The zero-order valence-corrected chi connectivity index (χ0v) is 32.0. The Morgan fingerprint density at radius 1 is 1.05 bits per heavy atom. The van der Waals surface area contributed by atoms with Crippen molar-refractivity contribution in [2.24, 2.45) is 13.0 Å². The Balaban J connectivity index is 0.989. The molecule has 2 aromatic carbocycles. The Labute approximate surface area is 325 Å². The smallest absolute Gasteiger partial charge is 0.386 e. The zero-order chi connectivity index (χ0) is 40.8. The molecule has 1 atom stereocenters. The van der Waals surface area contributed by atoms with E-state index in [-0.39, 0.29) is 36.2 Å². The number of aromatic nitrogens is 5. The molecular formula is C41H43F3N8O5. The van der Waals surface area contributed by atoms with E-state index < -0.39 is 41.0 Å². The van der Waals surface area contributed by atoms with Gasteiger partial charge in [-0.05, 0) is 95.3 Å². The molecule has 0 spiro atoms. The van der Waals surface area contributed by atoms with Gasteiger partial charge in [0.1, 0.15) is 17.4 Å². The maximum atomic E-state index is 13.3. The normalized spacial score (nSPS) is 19.1. The number of aliphatic hydroxyl groups is 1. The van der Waals surface area contributed by atoms with Crippen molar-refractivity contribution in [1.82, 2.24) is 34.1 Å². The Bertz CT molecular complexity index is 2510. The van der Waals surface area contributed by atoms with Crippen LogP contribution >= 0.6 is 0 Å². The number of alkyl halides is 3. The number of fused-ring (bicyclic) bond motifs is 2. The average molecular weight is 785 g/mol. The fourth-order valence-electron chi connectivity index (χ4n) is 7.93. The minimum Gasteiger partial charge on any atom is -0.386 e. The average Bonchev–Trinajstić information content (AvgIpc) is 3.68. The van der Waals surface area contributed by atoms with Gasteiger partial charge in [-0.25, -0.2) is 9.78 Å². The molecule has 3 aromatic heterocycles. The third-order valence-corrected chi connectivity index (χ3v) is 10.8. The third kappa shape index (κ3) is 8.21. The van der Waals surface area contributed by atoms with Crippen LogP contribution in [0.4, 0.5) is 18.9 Å². The number of halogens is 3. The predicted octanol–water partition coefficient (Wildman–Crippen LogP) is 5.28. The van der Waals surface area contributed by atoms with Gasteiger partial charge in [0.15, 0.2) is 0 Å². The molecule has 4 heterocycles. The standard InChI is InChI=1S/C41H43F3N8O5/c1-40(2,57)28-21-30-26(20-31(28)46-37(54)29-10-6-12-34(45-29)41(42,43)44)23-51(48-30)27-15-13-24(14-16-27)22-49(3)19-7-9-25-8-5-11-32-36(25)50(4)39(56)52(32)33-17-18-35(53)47-38(33)55/h5-6,8,10-12,20-21,23-24,27,33,57H,13-19,22H2,1-4H3,(H,46,54)(H,47,53,55)/t24-,27-,33?. The molecule has 2 fully saturated rings. The van der Waals surface area contributed by atoms with Crippen LogP contribution in [0.2, 0.25) is 0 Å². The van der Waals surface area contributed by atoms with Gasteiger partial charge in [0.05, 0.1) is 40.3 Å². The van der Waals surface area contributed by atoms with Crippen LogP contribution in [0.3, 0.4) is 0 Å². The lowest BCUT2D eigenvalue weighted by Gasteiger charge is -2.30. The molecule has 1 saturated heterocycles. The van der Waals surface area contributed by atoms with E-state index in [2.05, 4.69) is 32.4 Å². The second-order valence-electron chi connectivity index (χ2n) is 15.5. The molecule has 13 nitrogen and oxygen atoms in total. The maximum absolute atomic E-state index is 13.3. The van der Waals surface area contributed by atoms with Crippen LogP contribution in [-0.4, -0.2) is 71.8 Å². The second kappa shape index (κ2) is 15.3. The van der Waals surface area contributed by atoms with E-state index >= 15 is 0 Å². The molecule has 5 aromatic rings. The summed E-state index contributed by atoms with van der Waals surface area (Å²) in [6.07, 6.45) is 1.32. The fraction of sp³-hybridized carbons (Fsp3) is 0.415. The molecule has 1 unspecified atom stereocenters. The van der Waals surface area contributed by atoms with E-state index in [4.69, 9.17) is 5.10 Å². The number of para-hydroxylation sites is 1. The van der Waals surface area contributed by atoms with Crippen molar-refractivity contribution in [3.63, 3.8) is 0 Å². The lowest BCUT2D eigenvalue weighted by molar-refractivity contribution is -0.141. The molecule has 16 heteroatoms. The monoisotopic (exact) mass is 784 g/mol. The summed E-state index contributed by atoms with van der Waals surface area (Å²) in [5, 5.41) is 21.5. The summed E-state index contributed by atoms with van der Waals surface area (Å²) in [6, 6.07) is 11.3. The van der Waals surface area contributed by atoms with Gasteiger partial charge in [-0.15, -0.1) is 0 Å². The Kier molecular flexibility index (Phi) is 10.6. The van der Waals surface area contributed by atoms with Crippen molar-refractivity contribution in [2.45, 2.75) is 76.2 Å². The van der Waals surface area contributed by atoms with E-state index in [9.17, 15) is 37.5 Å². The number of carbonyl (C=O) groups is 3. The highest BCUT2D eigenvalue weighted by Gasteiger charge is 2.34. The van der Waals surface area contributed by atoms with Crippen LogP contribution in [-0.2, 0) is 28.4 Å². The summed E-state index contributed by atoms with van der Waals surface area (Å²) in [7, 11) is 3.68. The largest absolute Gasteiger partial charge is 0.433 e. The molecule has 298 valence electrons. The highest BCUT2D eigenvalue weighted by molar-refractivity contribution is 6.04. The number of piperidine rings is 1. The van der Waals surface area contributed by atoms with Gasteiger partial charge < -0.3 is 10.4 Å². The number of imidazole rings is 1. The number of nitrogens with zero attached hydrogens (tertiary/aromatic N) is 6. The molecule has 0 bridgehead atoms. The summed E-state index contributed by atoms with van der Waals surface area (Å²) < 4.78 is 44.6. The molecule has 57 heavy (non-hydrogen) atoms. The molecule has 1 saturated carbocycles. The summed E-state index contributed by atoms with van der Waals surface area (Å²) >= 11 is 0. The molecule has 3 N–H and O–H groups in total. The quantitative estimate of drug-likeness (QED) is 0.142. The van der Waals surface area contributed by atoms with Gasteiger partial charge >= 0.3 is 11.9 Å². The highest BCUT2D eigenvalue weighted by Crippen LogP contribution is 2.36. The summed E-state index contributed by atoms with van der Waals surface area (Å²) in [5.41, 5.74) is -0.179. The predicted molar refractivity (Wildman–Crippen MR) is 206 cm³/mol. The van der Waals surface area contributed by atoms with Crippen molar-refractivity contribution in [3.8, 4) is 11.8 Å². The topological polar surface area (TPSA) is 156 Å². The molecule has 3 amide bonds. The first-order valence-electron chi connectivity index (χ1n) is 18.8. The lowest BCUT2D eigenvalue weighted by Crippen LogP contribution is -2.44. The van der Waals surface area contributed by atoms with E-state index in [1.54, 1.807) is 39.1 Å². The number of benzene rings is 2. The van der Waals surface area contributed by atoms with Crippen LogP contribution in [0.15, 0.2) is 59.5 Å². The molecule has 1 aliphatic heterocycles. The highest BCUT2D eigenvalue weighted by atomic mass is 19.4. The van der Waals surface area contributed by atoms with Gasteiger partial charge in [-0.3, -0.25) is 38.4 Å². The van der Waals surface area contributed by atoms with Gasteiger partial charge in [0.25, 0.3) is 5.91 Å². The SMILES string of the molecule is CN(CC#Cc1cccc2c1n(C)c(=O)n2C1CCC(=O)NC1=O)C[C@H]1CC[C@H](n2cc3cc(NC(=O)c4cccc(C(F)(F)F)n4)c(C(C)(C)O)cc3n2)CC1. The van der Waals surface area contributed by atoms with E-state index in [0.717, 1.165) is 44.4 Å². The number of hydrogen-bond acceptors (Lipinski definition) is 8. The third-order valence-electron chi connectivity index (χ3n) is 10.8. The molecule has 0 radical (unpaired) electrons. The lowest BCUT2D eigenvalue weighted by atomic mass is 9.86. The molecule has 1 aliphatic carbocycles. The van der Waals surface area contributed by atoms with Gasteiger partial charge in [-0.2, -0.15) is 18.3 Å². The Morgan fingerprint density at radius 3 is 2.49 bits per heavy atom. The van der Waals surface area contributed by atoms with Crippen molar-refractivity contribution in [3.05, 3.63) is 87.7 Å². The first-order valence-corrected chi connectivity index (χ1v) is 18.8. The summed E-state index contributed by atoms with van der Waals surface area (Å²) in [6.45, 7) is 4.46. The van der Waals surface area contributed by atoms with Crippen LogP contribution in [0.5, 0.6) is 0 Å². The number of imide groups is 1. The number of hydrogen-bond donors (Lipinski definition) is 3. The number of amides is 3. The van der Waals surface area contributed by atoms with Crippen molar-refractivity contribution in [2.75, 3.05) is 25.5 Å². The zero-order valence-electron chi connectivity index (χ0n) is 32.0. The molecule has 2 aliphatic rings.